The molecule has 7 nitrogen and oxygen atoms in total. The number of anilines is 1. The van der Waals surface area contributed by atoms with Gasteiger partial charge in [-0.15, -0.1) is 11.8 Å². The molecule has 0 unspecified atom stereocenters. The van der Waals surface area contributed by atoms with E-state index in [2.05, 4.69) is 16.4 Å². The van der Waals surface area contributed by atoms with Crippen LogP contribution < -0.4 is 10.9 Å². The van der Waals surface area contributed by atoms with Crippen LogP contribution in [0, 0.1) is 11.3 Å². The summed E-state index contributed by atoms with van der Waals surface area (Å²) in [5.74, 6) is 0.196. The highest BCUT2D eigenvalue weighted by Gasteiger charge is 2.14. The fourth-order valence-corrected chi connectivity index (χ4v) is 4.61. The van der Waals surface area contributed by atoms with Gasteiger partial charge in [0.2, 0.25) is 5.91 Å². The zero-order chi connectivity index (χ0) is 23.6. The first-order valence-corrected chi connectivity index (χ1v) is 12.6. The molecule has 0 atom stereocenters. The molecule has 3 rings (SSSR count). The van der Waals surface area contributed by atoms with Crippen LogP contribution in [0.2, 0.25) is 0 Å². The molecule has 0 fully saturated rings. The first-order valence-electron chi connectivity index (χ1n) is 10.6. The zero-order valence-corrected chi connectivity index (χ0v) is 20.2. The van der Waals surface area contributed by atoms with E-state index in [1.807, 2.05) is 44.2 Å². The van der Waals surface area contributed by atoms with Crippen LogP contribution in [-0.4, -0.2) is 39.7 Å². The van der Waals surface area contributed by atoms with E-state index in [0.717, 1.165) is 4.90 Å². The molecule has 172 valence electrons. The summed E-state index contributed by atoms with van der Waals surface area (Å²) < 4.78 is 7.23. The third-order valence-electron chi connectivity index (χ3n) is 4.59. The Labute approximate surface area is 201 Å². The molecule has 33 heavy (non-hydrogen) atoms. The van der Waals surface area contributed by atoms with Crippen LogP contribution in [0.15, 0.2) is 63.4 Å². The number of carbonyl (C=O) groups is 1. The lowest BCUT2D eigenvalue weighted by molar-refractivity contribution is -0.113. The summed E-state index contributed by atoms with van der Waals surface area (Å²) in [6, 6.07) is 16.7. The number of aromatic nitrogens is 2. The fourth-order valence-electron chi connectivity index (χ4n) is 3.12. The highest BCUT2D eigenvalue weighted by Crippen LogP contribution is 2.27. The number of nitriles is 1. The largest absolute Gasteiger partial charge is 0.379 e. The van der Waals surface area contributed by atoms with Crippen LogP contribution in [0.5, 0.6) is 0 Å². The molecular formula is C24H26N4O3S2. The van der Waals surface area contributed by atoms with Gasteiger partial charge >= 0.3 is 0 Å². The summed E-state index contributed by atoms with van der Waals surface area (Å²) in [4.78, 5) is 31.3. The second-order valence-electron chi connectivity index (χ2n) is 7.42. The Balaban J connectivity index is 1.75. The molecule has 9 heteroatoms. The Morgan fingerprint density at radius 2 is 1.94 bits per heavy atom. The first-order chi connectivity index (χ1) is 16.0. The van der Waals surface area contributed by atoms with Crippen LogP contribution in [-0.2, 0) is 16.1 Å². The Morgan fingerprint density at radius 3 is 2.73 bits per heavy atom. The smallest absolute Gasteiger partial charge is 0.262 e. The normalized spacial score (nSPS) is 11.0. The number of hydrogen-bond donors (Lipinski definition) is 1. The van der Waals surface area contributed by atoms with Gasteiger partial charge in [-0.3, -0.25) is 14.2 Å². The molecular weight excluding hydrogens is 456 g/mol. The lowest BCUT2D eigenvalue weighted by Crippen LogP contribution is -2.25. The molecule has 0 aliphatic carbocycles. The molecule has 1 amide bonds. The molecule has 1 N–H and O–H groups in total. The van der Waals surface area contributed by atoms with Gasteiger partial charge in [0.05, 0.1) is 40.3 Å². The van der Waals surface area contributed by atoms with E-state index in [0.29, 0.717) is 47.1 Å². The molecule has 0 saturated carbocycles. The van der Waals surface area contributed by atoms with E-state index >= 15 is 0 Å². The molecule has 1 aromatic heterocycles. The summed E-state index contributed by atoms with van der Waals surface area (Å²) in [6.45, 7) is 4.95. The van der Waals surface area contributed by atoms with Crippen LogP contribution >= 0.6 is 23.5 Å². The van der Waals surface area contributed by atoms with Gasteiger partial charge in [0.1, 0.15) is 0 Å². The maximum atomic E-state index is 13.1. The van der Waals surface area contributed by atoms with Gasteiger partial charge in [-0.1, -0.05) is 36.0 Å². The minimum Gasteiger partial charge on any atom is -0.379 e. The third-order valence-corrected chi connectivity index (χ3v) is 6.51. The first kappa shape index (κ1) is 24.8. The molecule has 0 spiro atoms. The van der Waals surface area contributed by atoms with Crippen molar-refractivity contribution in [2.24, 2.45) is 0 Å². The molecule has 0 radical (unpaired) electrons. The molecule has 2 aromatic carbocycles. The molecule has 3 aromatic rings. The molecule has 0 bridgehead atoms. The van der Waals surface area contributed by atoms with Gasteiger partial charge in [-0.2, -0.15) is 5.26 Å². The van der Waals surface area contributed by atoms with Crippen LogP contribution in [0.25, 0.3) is 10.9 Å². The predicted molar refractivity (Wildman–Crippen MR) is 134 cm³/mol. The van der Waals surface area contributed by atoms with Crippen LogP contribution in [0.3, 0.4) is 0 Å². The topological polar surface area (TPSA) is 97.0 Å². The second-order valence-corrected chi connectivity index (χ2v) is 9.38. The van der Waals surface area contributed by atoms with E-state index in [1.165, 1.54) is 23.5 Å². The quantitative estimate of drug-likeness (QED) is 0.243. The number of fused-ring (bicyclic) bond motifs is 1. The second kappa shape index (κ2) is 12.4. The Kier molecular flexibility index (Phi) is 9.36. The minimum atomic E-state index is -0.206. The summed E-state index contributed by atoms with van der Waals surface area (Å²) in [6.07, 6.45) is 0.796. The van der Waals surface area contributed by atoms with Crippen molar-refractivity contribution in [1.29, 1.82) is 5.26 Å². The van der Waals surface area contributed by atoms with E-state index < -0.39 is 0 Å². The van der Waals surface area contributed by atoms with Gasteiger partial charge in [0.25, 0.3) is 5.56 Å². The Bertz CT molecular complexity index is 1200. The lowest BCUT2D eigenvalue weighted by atomic mass is 10.2. The van der Waals surface area contributed by atoms with Crippen molar-refractivity contribution in [3.8, 4) is 6.07 Å². The standard InChI is InChI=1S/C24H26N4O3S2/c1-17(2)31-14-7-13-28-23(30)18-8-3-4-9-19(18)27-24(28)33-16-22(29)26-20-10-5-6-11-21(20)32-15-12-25/h3-6,8-11,17H,7,13-16H2,1-2H3,(H,26,29). The van der Waals surface area contributed by atoms with E-state index in [4.69, 9.17) is 10.00 Å². The Morgan fingerprint density at radius 1 is 1.18 bits per heavy atom. The summed E-state index contributed by atoms with van der Waals surface area (Å²) in [5.41, 5.74) is 1.16. The van der Waals surface area contributed by atoms with Gasteiger partial charge < -0.3 is 10.1 Å². The van der Waals surface area contributed by atoms with Crippen molar-refractivity contribution in [3.05, 3.63) is 58.9 Å². The van der Waals surface area contributed by atoms with Crippen LogP contribution in [0.1, 0.15) is 20.3 Å². The molecule has 0 aliphatic rings. The van der Waals surface area contributed by atoms with Crippen molar-refractivity contribution in [1.82, 2.24) is 9.55 Å². The number of rotatable bonds is 11. The van der Waals surface area contributed by atoms with Crippen molar-refractivity contribution < 1.29 is 9.53 Å². The number of nitrogens with one attached hydrogen (secondary N) is 1. The van der Waals surface area contributed by atoms with Crippen molar-refractivity contribution >= 4 is 46.0 Å². The lowest BCUT2D eigenvalue weighted by Gasteiger charge is -2.14. The van der Waals surface area contributed by atoms with Gasteiger partial charge in [-0.05, 0) is 44.5 Å². The highest BCUT2D eigenvalue weighted by atomic mass is 32.2. The van der Waals surface area contributed by atoms with Gasteiger partial charge in [0.15, 0.2) is 5.16 Å². The monoisotopic (exact) mass is 482 g/mol. The number of para-hydroxylation sites is 2. The maximum absolute atomic E-state index is 13.1. The fraction of sp³-hybridized carbons (Fsp3) is 0.333. The number of thioether (sulfide) groups is 2. The SMILES string of the molecule is CC(C)OCCCn1c(SCC(=O)Nc2ccccc2SCC#N)nc2ccccc2c1=O. The van der Waals surface area contributed by atoms with E-state index in [-0.39, 0.29) is 23.3 Å². The molecule has 0 aliphatic heterocycles. The van der Waals surface area contributed by atoms with E-state index in [1.54, 1.807) is 22.8 Å². The number of amides is 1. The van der Waals surface area contributed by atoms with Crippen LogP contribution in [0.4, 0.5) is 5.69 Å². The van der Waals surface area contributed by atoms with E-state index in [9.17, 15) is 9.59 Å². The molecule has 1 heterocycles. The zero-order valence-electron chi connectivity index (χ0n) is 18.6. The minimum absolute atomic E-state index is 0.102. The number of nitrogens with zero attached hydrogens (tertiary/aromatic N) is 3. The highest BCUT2D eigenvalue weighted by molar-refractivity contribution is 8.00. The average Bonchev–Trinajstić information content (AvgIpc) is 2.81. The predicted octanol–water partition coefficient (Wildman–Crippen LogP) is 4.56. The summed E-state index contributed by atoms with van der Waals surface area (Å²) >= 11 is 2.60. The van der Waals surface area contributed by atoms with Crippen molar-refractivity contribution in [2.45, 2.75) is 43.0 Å². The van der Waals surface area contributed by atoms with Gasteiger partial charge in [-0.25, -0.2) is 4.98 Å². The number of carbonyl (C=O) groups excluding carboxylic acids is 1. The summed E-state index contributed by atoms with van der Waals surface area (Å²) in [5, 5.41) is 12.8. The number of ether oxygens (including phenoxy) is 1. The van der Waals surface area contributed by atoms with Gasteiger partial charge in [0, 0.05) is 18.0 Å². The third kappa shape index (κ3) is 7.09. The number of benzene rings is 2. The van der Waals surface area contributed by atoms with Crippen molar-refractivity contribution in [2.75, 3.05) is 23.4 Å². The summed E-state index contributed by atoms with van der Waals surface area (Å²) in [7, 11) is 0. The average molecular weight is 483 g/mol. The number of hydrogen-bond acceptors (Lipinski definition) is 7. The van der Waals surface area contributed by atoms with Crippen molar-refractivity contribution in [3.63, 3.8) is 0 Å². The molecule has 0 saturated heterocycles. The Hall–Kier alpha value is -2.80. The maximum Gasteiger partial charge on any atom is 0.262 e.